The predicted octanol–water partition coefficient (Wildman–Crippen LogP) is 2.57. The van der Waals surface area contributed by atoms with Crippen molar-refractivity contribution >= 4 is 21.6 Å². The van der Waals surface area contributed by atoms with Crippen LogP contribution in [0.1, 0.15) is 18.4 Å². The van der Waals surface area contributed by atoms with Gasteiger partial charge in [-0.3, -0.25) is 0 Å². The molecule has 0 bridgehead atoms. The highest BCUT2D eigenvalue weighted by molar-refractivity contribution is 9.09. The summed E-state index contributed by atoms with van der Waals surface area (Å²) in [7, 11) is 0. The zero-order valence-corrected chi connectivity index (χ0v) is 9.21. The number of aryl methyl sites for hydroxylation is 1. The van der Waals surface area contributed by atoms with Gasteiger partial charge < -0.3 is 15.5 Å². The van der Waals surface area contributed by atoms with E-state index in [-0.39, 0.29) is 16.5 Å². The highest BCUT2D eigenvalue weighted by Gasteiger charge is 2.15. The van der Waals surface area contributed by atoms with Crippen LogP contribution in [-0.2, 0) is 6.42 Å². The van der Waals surface area contributed by atoms with Gasteiger partial charge in [0.05, 0.1) is 4.95 Å². The van der Waals surface area contributed by atoms with Gasteiger partial charge in [0.2, 0.25) is 0 Å². The Morgan fingerprint density at radius 1 is 1.29 bits per heavy atom. The largest absolute Gasteiger partial charge is 0.504 e. The quantitative estimate of drug-likeness (QED) is 0.290. The maximum atomic E-state index is 9.35. The molecule has 0 aliphatic carbocycles. The normalized spacial score (nSPS) is 20.8. The number of hydrogen-bond donors (Lipinski definition) is 3. The number of phenols is 2. The fraction of sp³-hybridized carbons (Fsp3) is 0.400. The molecule has 1 aliphatic heterocycles. The van der Waals surface area contributed by atoms with Gasteiger partial charge in [-0.05, 0) is 30.9 Å². The number of benzene rings is 1. The van der Waals surface area contributed by atoms with Crippen molar-refractivity contribution in [2.24, 2.45) is 0 Å². The number of nitrogens with one attached hydrogen (secondary N) is 1. The first-order chi connectivity index (χ1) is 6.66. The topological polar surface area (TPSA) is 52.5 Å². The molecule has 76 valence electrons. The van der Waals surface area contributed by atoms with E-state index >= 15 is 0 Å². The summed E-state index contributed by atoms with van der Waals surface area (Å²) in [6.45, 7) is 0. The molecule has 1 unspecified atom stereocenters. The van der Waals surface area contributed by atoms with Crippen molar-refractivity contribution in [2.45, 2.75) is 24.2 Å². The predicted molar refractivity (Wildman–Crippen MR) is 59.0 cm³/mol. The maximum absolute atomic E-state index is 9.35. The molecule has 1 aliphatic rings. The molecule has 1 aromatic rings. The third-order valence-electron chi connectivity index (χ3n) is 2.42. The minimum absolute atomic E-state index is 0.0430. The minimum atomic E-state index is -0.0714. The Kier molecular flexibility index (Phi) is 2.54. The molecule has 0 saturated heterocycles. The third-order valence-corrected chi connectivity index (χ3v) is 3.10. The second-order valence-electron chi connectivity index (χ2n) is 3.50. The standard InChI is InChI=1S/C10H12BrNO2/c11-10-3-1-2-6-4-8(13)9(14)5-7(6)12-10/h4-5,10,12-14H,1-3H2. The summed E-state index contributed by atoms with van der Waals surface area (Å²) in [5.74, 6) is -0.114. The van der Waals surface area contributed by atoms with Gasteiger partial charge in [0, 0.05) is 11.8 Å². The number of anilines is 1. The van der Waals surface area contributed by atoms with Gasteiger partial charge in [-0.15, -0.1) is 0 Å². The number of alkyl halides is 1. The van der Waals surface area contributed by atoms with Crippen LogP contribution in [0, 0.1) is 0 Å². The summed E-state index contributed by atoms with van der Waals surface area (Å²) in [6.07, 6.45) is 3.04. The van der Waals surface area contributed by atoms with E-state index in [1.54, 1.807) is 12.1 Å². The molecule has 1 heterocycles. The van der Waals surface area contributed by atoms with E-state index in [9.17, 15) is 10.2 Å². The molecule has 0 fully saturated rings. The molecule has 2 rings (SSSR count). The van der Waals surface area contributed by atoms with Crippen molar-refractivity contribution in [3.8, 4) is 11.5 Å². The second-order valence-corrected chi connectivity index (χ2v) is 4.61. The number of hydrogen-bond acceptors (Lipinski definition) is 3. The fourth-order valence-electron chi connectivity index (χ4n) is 1.67. The molecule has 1 atom stereocenters. The van der Waals surface area contributed by atoms with Crippen LogP contribution in [0.25, 0.3) is 0 Å². The summed E-state index contributed by atoms with van der Waals surface area (Å²) in [6, 6.07) is 3.20. The number of phenolic OH excluding ortho intramolecular Hbond substituents is 2. The highest BCUT2D eigenvalue weighted by Crippen LogP contribution is 2.35. The van der Waals surface area contributed by atoms with Gasteiger partial charge in [0.15, 0.2) is 11.5 Å². The first kappa shape index (κ1) is 9.65. The van der Waals surface area contributed by atoms with Crippen LogP contribution in [0.4, 0.5) is 5.69 Å². The molecule has 4 heteroatoms. The summed E-state index contributed by atoms with van der Waals surface area (Å²) in [4.78, 5) is 0.243. The van der Waals surface area contributed by atoms with E-state index in [0.717, 1.165) is 30.5 Å². The molecule has 0 amide bonds. The van der Waals surface area contributed by atoms with E-state index in [1.165, 1.54) is 0 Å². The van der Waals surface area contributed by atoms with Gasteiger partial charge in [0.1, 0.15) is 0 Å². The lowest BCUT2D eigenvalue weighted by atomic mass is 10.1. The van der Waals surface area contributed by atoms with E-state index in [2.05, 4.69) is 21.2 Å². The first-order valence-electron chi connectivity index (χ1n) is 4.62. The fourth-order valence-corrected chi connectivity index (χ4v) is 2.24. The second kappa shape index (κ2) is 3.69. The summed E-state index contributed by atoms with van der Waals surface area (Å²) in [5.41, 5.74) is 1.96. The smallest absolute Gasteiger partial charge is 0.159 e. The molecule has 1 aromatic carbocycles. The molecule has 0 radical (unpaired) electrons. The van der Waals surface area contributed by atoms with E-state index < -0.39 is 0 Å². The van der Waals surface area contributed by atoms with Crippen LogP contribution in [0.5, 0.6) is 11.5 Å². The lowest BCUT2D eigenvalue weighted by Crippen LogP contribution is -2.09. The van der Waals surface area contributed by atoms with E-state index in [1.807, 2.05) is 0 Å². The maximum Gasteiger partial charge on any atom is 0.159 e. The van der Waals surface area contributed by atoms with Crippen molar-refractivity contribution in [2.75, 3.05) is 5.32 Å². The molecular weight excluding hydrogens is 246 g/mol. The molecule has 3 nitrogen and oxygen atoms in total. The van der Waals surface area contributed by atoms with E-state index in [0.29, 0.717) is 0 Å². The van der Waals surface area contributed by atoms with Crippen LogP contribution in [0.2, 0.25) is 0 Å². The zero-order valence-electron chi connectivity index (χ0n) is 7.63. The van der Waals surface area contributed by atoms with E-state index in [4.69, 9.17) is 0 Å². The van der Waals surface area contributed by atoms with Crippen molar-refractivity contribution in [1.29, 1.82) is 0 Å². The van der Waals surface area contributed by atoms with Crippen molar-refractivity contribution < 1.29 is 10.2 Å². The monoisotopic (exact) mass is 257 g/mol. The Hall–Kier alpha value is -0.900. The third kappa shape index (κ3) is 1.80. The van der Waals surface area contributed by atoms with Crippen LogP contribution < -0.4 is 5.32 Å². The Bertz CT molecular complexity index is 354. The minimum Gasteiger partial charge on any atom is -0.504 e. The van der Waals surface area contributed by atoms with Crippen LogP contribution in [0.15, 0.2) is 12.1 Å². The lowest BCUT2D eigenvalue weighted by Gasteiger charge is -2.12. The first-order valence-corrected chi connectivity index (χ1v) is 5.54. The Morgan fingerprint density at radius 2 is 2.00 bits per heavy atom. The van der Waals surface area contributed by atoms with Crippen LogP contribution >= 0.6 is 15.9 Å². The number of fused-ring (bicyclic) bond motifs is 1. The Balaban J connectivity index is 2.41. The average Bonchev–Trinajstić information content (AvgIpc) is 2.28. The number of halogens is 1. The Morgan fingerprint density at radius 3 is 2.79 bits per heavy atom. The average molecular weight is 258 g/mol. The van der Waals surface area contributed by atoms with Crippen LogP contribution in [-0.4, -0.2) is 15.2 Å². The number of aromatic hydroxyl groups is 2. The van der Waals surface area contributed by atoms with Gasteiger partial charge in [-0.25, -0.2) is 0 Å². The molecule has 0 spiro atoms. The Labute approximate surface area is 90.9 Å². The number of rotatable bonds is 0. The highest BCUT2D eigenvalue weighted by atomic mass is 79.9. The summed E-state index contributed by atoms with van der Waals surface area (Å²) in [5, 5.41) is 21.9. The molecule has 3 N–H and O–H groups in total. The van der Waals surface area contributed by atoms with Crippen molar-refractivity contribution in [1.82, 2.24) is 0 Å². The SMILES string of the molecule is Oc1cc2c(cc1O)NC(Br)CCC2. The van der Waals surface area contributed by atoms with Crippen molar-refractivity contribution in [3.63, 3.8) is 0 Å². The molecule has 14 heavy (non-hydrogen) atoms. The molecular formula is C10H12BrNO2. The van der Waals surface area contributed by atoms with Crippen molar-refractivity contribution in [3.05, 3.63) is 17.7 Å². The van der Waals surface area contributed by atoms with Gasteiger partial charge in [-0.1, -0.05) is 15.9 Å². The van der Waals surface area contributed by atoms with Gasteiger partial charge in [0.25, 0.3) is 0 Å². The molecule has 0 saturated carbocycles. The zero-order chi connectivity index (χ0) is 10.1. The van der Waals surface area contributed by atoms with Gasteiger partial charge in [-0.2, -0.15) is 0 Å². The summed E-state index contributed by atoms with van der Waals surface area (Å²) < 4.78 is 0. The molecule has 0 aromatic heterocycles. The van der Waals surface area contributed by atoms with Crippen LogP contribution in [0.3, 0.4) is 0 Å². The summed E-state index contributed by atoms with van der Waals surface area (Å²) >= 11 is 3.50. The van der Waals surface area contributed by atoms with Gasteiger partial charge >= 0.3 is 0 Å². The lowest BCUT2D eigenvalue weighted by molar-refractivity contribution is 0.403.